The minimum atomic E-state index is -0.541. The van der Waals surface area contributed by atoms with E-state index < -0.39 is 5.78 Å². The lowest BCUT2D eigenvalue weighted by atomic mass is 10.2. The maximum atomic E-state index is 11.8. The summed E-state index contributed by atoms with van der Waals surface area (Å²) in [6.07, 6.45) is 5.84. The Balaban J connectivity index is 2.26. The maximum absolute atomic E-state index is 11.8. The third kappa shape index (κ3) is 1.98. The van der Waals surface area contributed by atoms with Crippen molar-refractivity contribution < 1.29 is 4.79 Å². The van der Waals surface area contributed by atoms with Crippen molar-refractivity contribution in [2.75, 3.05) is 0 Å². The summed E-state index contributed by atoms with van der Waals surface area (Å²) in [4.78, 5) is 19.9. The van der Waals surface area contributed by atoms with Crippen molar-refractivity contribution in [2.24, 2.45) is 0 Å². The van der Waals surface area contributed by atoms with E-state index in [2.05, 4.69) is 9.97 Å². The monoisotopic (exact) mass is 274 g/mol. The normalized spacial score (nSPS) is 15.8. The van der Waals surface area contributed by atoms with E-state index in [-0.39, 0.29) is 11.3 Å². The minimum Gasteiger partial charge on any atom is -0.319 e. The summed E-state index contributed by atoms with van der Waals surface area (Å²) in [6, 6.07) is 3.57. The van der Waals surface area contributed by atoms with Crippen LogP contribution in [0.4, 0.5) is 0 Å². The quantitative estimate of drug-likeness (QED) is 0.479. The van der Waals surface area contributed by atoms with Gasteiger partial charge >= 0.3 is 0 Å². The summed E-state index contributed by atoms with van der Waals surface area (Å²) >= 11 is 5.83. The van der Waals surface area contributed by atoms with Crippen LogP contribution in [-0.4, -0.2) is 20.3 Å². The Morgan fingerprint density at radius 2 is 2.21 bits per heavy atom. The average Bonchev–Trinajstić information content (AvgIpc) is 3.03. The molecule has 0 radical (unpaired) electrons. The predicted molar refractivity (Wildman–Crippen MR) is 70.0 cm³/mol. The Bertz CT molecular complexity index is 694. The van der Waals surface area contributed by atoms with Crippen LogP contribution < -0.4 is 0 Å². The molecule has 1 aliphatic carbocycles. The molecule has 3 rings (SSSR count). The van der Waals surface area contributed by atoms with Gasteiger partial charge in [-0.3, -0.25) is 4.79 Å². The second kappa shape index (κ2) is 4.63. The standard InChI is InChI=1S/C13H11ClN4O/c14-13-16-7-8-5-10(11(19)6-15)18(12(8)17-13)9-3-1-2-4-9/h5,7,9H,1-4H2. The van der Waals surface area contributed by atoms with Gasteiger partial charge in [0.1, 0.15) is 17.4 Å². The predicted octanol–water partition coefficient (Wildman–Crippen LogP) is 2.91. The highest BCUT2D eigenvalue weighted by molar-refractivity contribution is 6.28. The molecule has 6 heteroatoms. The van der Waals surface area contributed by atoms with Crippen LogP contribution in [0, 0.1) is 11.3 Å². The molecule has 0 saturated heterocycles. The van der Waals surface area contributed by atoms with Crippen molar-refractivity contribution in [1.29, 1.82) is 5.26 Å². The Labute approximate surface area is 114 Å². The minimum absolute atomic E-state index is 0.154. The van der Waals surface area contributed by atoms with E-state index in [1.165, 1.54) is 0 Å². The number of hydrogen-bond acceptors (Lipinski definition) is 4. The first kappa shape index (κ1) is 12.1. The van der Waals surface area contributed by atoms with Crippen LogP contribution in [0.3, 0.4) is 0 Å². The SMILES string of the molecule is N#CC(=O)c1cc2cnc(Cl)nc2n1C1CCCC1. The summed E-state index contributed by atoms with van der Waals surface area (Å²) in [7, 11) is 0. The highest BCUT2D eigenvalue weighted by Gasteiger charge is 2.25. The number of aromatic nitrogens is 3. The van der Waals surface area contributed by atoms with Gasteiger partial charge in [-0.15, -0.1) is 0 Å². The van der Waals surface area contributed by atoms with E-state index in [0.29, 0.717) is 11.3 Å². The molecule has 0 N–H and O–H groups in total. The molecule has 0 amide bonds. The molecule has 0 aromatic carbocycles. The highest BCUT2D eigenvalue weighted by Crippen LogP contribution is 2.34. The molecule has 1 saturated carbocycles. The number of ketones is 1. The van der Waals surface area contributed by atoms with Gasteiger partial charge in [0.25, 0.3) is 5.78 Å². The largest absolute Gasteiger partial charge is 0.319 e. The smallest absolute Gasteiger partial charge is 0.278 e. The van der Waals surface area contributed by atoms with Crippen LogP contribution in [-0.2, 0) is 0 Å². The van der Waals surface area contributed by atoms with Gasteiger partial charge < -0.3 is 4.57 Å². The lowest BCUT2D eigenvalue weighted by molar-refractivity contribution is 0.104. The van der Waals surface area contributed by atoms with Gasteiger partial charge in [-0.25, -0.2) is 4.98 Å². The van der Waals surface area contributed by atoms with Crippen molar-refractivity contribution in [1.82, 2.24) is 14.5 Å². The topological polar surface area (TPSA) is 71.6 Å². The number of fused-ring (bicyclic) bond motifs is 1. The molecule has 0 atom stereocenters. The first-order chi connectivity index (χ1) is 9.20. The summed E-state index contributed by atoms with van der Waals surface area (Å²) in [5.41, 5.74) is 1.03. The van der Waals surface area contributed by atoms with E-state index >= 15 is 0 Å². The van der Waals surface area contributed by atoms with E-state index in [1.807, 2.05) is 4.57 Å². The molecule has 2 aromatic rings. The molecular weight excluding hydrogens is 264 g/mol. The molecule has 0 aliphatic heterocycles. The summed E-state index contributed by atoms with van der Waals surface area (Å²) in [5.74, 6) is -0.541. The second-order valence-corrected chi connectivity index (χ2v) is 5.03. The van der Waals surface area contributed by atoms with Gasteiger partial charge in [0.05, 0.1) is 0 Å². The zero-order chi connectivity index (χ0) is 13.4. The molecule has 5 nitrogen and oxygen atoms in total. The average molecular weight is 275 g/mol. The molecule has 96 valence electrons. The van der Waals surface area contributed by atoms with Crippen LogP contribution >= 0.6 is 11.6 Å². The number of carbonyl (C=O) groups excluding carboxylic acids is 1. The zero-order valence-corrected chi connectivity index (χ0v) is 10.9. The molecular formula is C13H11ClN4O. The number of hydrogen-bond donors (Lipinski definition) is 0. The molecule has 0 bridgehead atoms. The summed E-state index contributed by atoms with van der Waals surface area (Å²) in [6.45, 7) is 0. The lowest BCUT2D eigenvalue weighted by Gasteiger charge is -2.15. The third-order valence-corrected chi connectivity index (χ3v) is 3.75. The fourth-order valence-corrected chi connectivity index (χ4v) is 2.88. The lowest BCUT2D eigenvalue weighted by Crippen LogP contribution is -2.12. The van der Waals surface area contributed by atoms with Crippen LogP contribution in [0.1, 0.15) is 42.2 Å². The Morgan fingerprint density at radius 1 is 1.47 bits per heavy atom. The molecule has 0 unspecified atom stereocenters. The number of nitriles is 1. The van der Waals surface area contributed by atoms with Crippen LogP contribution in [0.2, 0.25) is 5.28 Å². The van der Waals surface area contributed by atoms with Crippen LogP contribution in [0.25, 0.3) is 11.0 Å². The van der Waals surface area contributed by atoms with Crippen molar-refractivity contribution >= 4 is 28.4 Å². The molecule has 1 fully saturated rings. The number of nitrogens with zero attached hydrogens (tertiary/aromatic N) is 4. The third-order valence-electron chi connectivity index (χ3n) is 3.57. The number of halogens is 1. The fourth-order valence-electron chi connectivity index (χ4n) is 2.75. The van der Waals surface area contributed by atoms with E-state index in [9.17, 15) is 4.79 Å². The molecule has 2 aromatic heterocycles. The van der Waals surface area contributed by atoms with Crippen LogP contribution in [0.15, 0.2) is 12.3 Å². The van der Waals surface area contributed by atoms with Crippen LogP contribution in [0.5, 0.6) is 0 Å². The van der Waals surface area contributed by atoms with Gasteiger partial charge in [0, 0.05) is 17.6 Å². The second-order valence-electron chi connectivity index (χ2n) is 4.70. The van der Waals surface area contributed by atoms with Gasteiger partial charge in [-0.05, 0) is 30.5 Å². The molecule has 0 spiro atoms. The Morgan fingerprint density at radius 3 is 2.89 bits per heavy atom. The van der Waals surface area contributed by atoms with Gasteiger partial charge in [-0.2, -0.15) is 10.2 Å². The molecule has 2 heterocycles. The fraction of sp³-hybridized carbons (Fsp3) is 0.385. The summed E-state index contributed by atoms with van der Waals surface area (Å²) < 4.78 is 1.86. The highest BCUT2D eigenvalue weighted by atomic mass is 35.5. The van der Waals surface area contributed by atoms with Crippen molar-refractivity contribution in [3.8, 4) is 6.07 Å². The first-order valence-corrected chi connectivity index (χ1v) is 6.56. The van der Waals surface area contributed by atoms with E-state index in [1.54, 1.807) is 18.3 Å². The van der Waals surface area contributed by atoms with Crippen molar-refractivity contribution in [2.45, 2.75) is 31.7 Å². The number of rotatable bonds is 2. The van der Waals surface area contributed by atoms with E-state index in [0.717, 1.165) is 31.1 Å². The van der Waals surface area contributed by atoms with Gasteiger partial charge in [0.15, 0.2) is 0 Å². The van der Waals surface area contributed by atoms with Crippen molar-refractivity contribution in [3.63, 3.8) is 0 Å². The zero-order valence-electron chi connectivity index (χ0n) is 10.1. The number of Topliss-reactive ketones (excluding diaryl/α,β-unsaturated/α-hetero) is 1. The van der Waals surface area contributed by atoms with Gasteiger partial charge in [0.2, 0.25) is 5.28 Å². The first-order valence-electron chi connectivity index (χ1n) is 6.18. The van der Waals surface area contributed by atoms with E-state index in [4.69, 9.17) is 16.9 Å². The van der Waals surface area contributed by atoms with Gasteiger partial charge in [-0.1, -0.05) is 12.8 Å². The van der Waals surface area contributed by atoms with Crippen molar-refractivity contribution in [3.05, 3.63) is 23.2 Å². The molecule has 1 aliphatic rings. The number of carbonyl (C=O) groups is 1. The maximum Gasteiger partial charge on any atom is 0.278 e. The Kier molecular flexibility index (Phi) is 2.96. The summed E-state index contributed by atoms with van der Waals surface area (Å²) in [5, 5.41) is 9.76. The molecule has 19 heavy (non-hydrogen) atoms. The Hall–Kier alpha value is -1.93.